The maximum absolute atomic E-state index is 7.40. The zero-order valence-electron chi connectivity index (χ0n) is 33.2. The van der Waals surface area contributed by atoms with Crippen molar-refractivity contribution in [2.45, 2.75) is 12.1 Å². The van der Waals surface area contributed by atoms with Crippen molar-refractivity contribution in [1.82, 2.24) is 0 Å². The van der Waals surface area contributed by atoms with Gasteiger partial charge in [0, 0.05) is 43.6 Å². The monoisotopic (exact) mass is 779 g/mol. The van der Waals surface area contributed by atoms with E-state index >= 15 is 0 Å². The third kappa shape index (κ3) is 5.22. The van der Waals surface area contributed by atoms with Gasteiger partial charge < -0.3 is 18.2 Å². The van der Waals surface area contributed by atoms with Crippen LogP contribution in [0.25, 0.3) is 88.1 Å². The van der Waals surface area contributed by atoms with Crippen molar-refractivity contribution in [3.63, 3.8) is 0 Å². The molecule has 2 unspecified atom stereocenters. The summed E-state index contributed by atoms with van der Waals surface area (Å²) in [5.41, 5.74) is 12.3. The molecule has 7 aromatic carbocycles. The van der Waals surface area contributed by atoms with Crippen molar-refractivity contribution in [1.29, 1.82) is 0 Å². The third-order valence-corrected chi connectivity index (χ3v) is 12.7. The van der Waals surface area contributed by atoms with Crippen molar-refractivity contribution in [3.05, 3.63) is 196 Å². The molecule has 2 atom stereocenters. The first-order chi connectivity index (χ1) is 30.3. The van der Waals surface area contributed by atoms with E-state index in [0.717, 1.165) is 82.6 Å². The number of hydrogen-bond acceptors (Lipinski definition) is 4. The Labute approximate surface area is 365 Å². The fraction of sp³-hybridized carbons (Fsp3) is 0.0385. The molecule has 2 aliphatic rings. The van der Waals surface area contributed by atoms with E-state index in [-0.39, 0.29) is 0 Å². The van der Waals surface area contributed by atoms with Crippen LogP contribution < -0.4 is 4.90 Å². The molecular formula is C52H27B6NO3. The summed E-state index contributed by atoms with van der Waals surface area (Å²) in [7, 11) is 43.3. The van der Waals surface area contributed by atoms with Crippen molar-refractivity contribution in [2.24, 2.45) is 0 Å². The van der Waals surface area contributed by atoms with Gasteiger partial charge in [-0.15, -0.1) is 0 Å². The van der Waals surface area contributed by atoms with Gasteiger partial charge in [-0.2, -0.15) is 0 Å². The second kappa shape index (κ2) is 13.8. The normalized spacial score (nSPS) is 17.2. The highest BCUT2D eigenvalue weighted by Crippen LogP contribution is 2.49. The van der Waals surface area contributed by atoms with E-state index in [1.165, 1.54) is 0 Å². The van der Waals surface area contributed by atoms with Gasteiger partial charge in [0.15, 0.2) is 0 Å². The van der Waals surface area contributed by atoms with Crippen molar-refractivity contribution in [3.8, 4) is 11.1 Å². The first-order valence-electron chi connectivity index (χ1n) is 20.4. The molecule has 276 valence electrons. The molecule has 10 aromatic rings. The van der Waals surface area contributed by atoms with Crippen LogP contribution in [0.3, 0.4) is 0 Å². The topological polar surface area (TPSA) is 42.7 Å². The predicted octanol–water partition coefficient (Wildman–Crippen LogP) is 10.9. The van der Waals surface area contributed by atoms with E-state index in [2.05, 4.69) is 30.3 Å². The third-order valence-electron chi connectivity index (χ3n) is 12.7. The Balaban J connectivity index is 1.06. The minimum absolute atomic E-state index is 0.356. The minimum Gasteiger partial charge on any atom is -0.456 e. The maximum atomic E-state index is 7.40. The van der Waals surface area contributed by atoms with E-state index in [0.29, 0.717) is 55.1 Å². The maximum Gasteiger partial charge on any atom is 0.143 e. The minimum atomic E-state index is -0.789. The molecule has 2 aliphatic carbocycles. The summed E-state index contributed by atoms with van der Waals surface area (Å²) >= 11 is 0. The lowest BCUT2D eigenvalue weighted by Gasteiger charge is -2.42. The average molecular weight is 779 g/mol. The lowest BCUT2D eigenvalue weighted by molar-refractivity contribution is 0.668. The summed E-state index contributed by atoms with van der Waals surface area (Å²) < 4.78 is 19.0. The Morgan fingerprint density at radius 1 is 0.355 bits per heavy atom. The van der Waals surface area contributed by atoms with E-state index in [9.17, 15) is 0 Å². The number of rotatable bonds is 6. The smallest absolute Gasteiger partial charge is 0.143 e. The van der Waals surface area contributed by atoms with Gasteiger partial charge in [0.2, 0.25) is 0 Å². The van der Waals surface area contributed by atoms with Gasteiger partial charge >= 0.3 is 0 Å². The summed E-state index contributed by atoms with van der Waals surface area (Å²) in [5.74, 6) is 0. The molecule has 3 aromatic heterocycles. The summed E-state index contributed by atoms with van der Waals surface area (Å²) in [4.78, 5) is 2.04. The molecule has 0 bridgehead atoms. The SMILES string of the molecule is [B]C1=C([B])C(N(c2ccc(-c3cccc4c3oc3ccccc34)cc2)C2C([B])=C([B])C(c3cccc4oc5ccccc5c34)=C2[B])C([B])=C1c1cccc2oc3ccccc3c12. The zero-order chi connectivity index (χ0) is 42.0. The number of fused-ring (bicyclic) bond motifs is 9. The highest BCUT2D eigenvalue weighted by molar-refractivity contribution is 6.47. The number of benzene rings is 7. The number of para-hydroxylation sites is 4. The van der Waals surface area contributed by atoms with Gasteiger partial charge in [-0.25, -0.2) is 0 Å². The van der Waals surface area contributed by atoms with Crippen LogP contribution in [0.15, 0.2) is 198 Å². The quantitative estimate of drug-likeness (QED) is 0.158. The summed E-state index contributed by atoms with van der Waals surface area (Å²) in [6.07, 6.45) is 0. The van der Waals surface area contributed by atoms with E-state index in [1.807, 2.05) is 126 Å². The van der Waals surface area contributed by atoms with Crippen molar-refractivity contribution < 1.29 is 13.3 Å². The predicted molar refractivity (Wildman–Crippen MR) is 259 cm³/mol. The molecule has 0 amide bonds. The van der Waals surface area contributed by atoms with E-state index < -0.39 is 12.1 Å². The van der Waals surface area contributed by atoms with Crippen LogP contribution >= 0.6 is 0 Å². The fourth-order valence-corrected chi connectivity index (χ4v) is 9.90. The van der Waals surface area contributed by atoms with Gasteiger partial charge in [-0.3, -0.25) is 0 Å². The van der Waals surface area contributed by atoms with Gasteiger partial charge in [-0.1, -0.05) is 142 Å². The molecule has 0 fully saturated rings. The first-order valence-corrected chi connectivity index (χ1v) is 20.4. The van der Waals surface area contributed by atoms with Crippen LogP contribution in [0, 0.1) is 0 Å². The first kappa shape index (κ1) is 36.9. The Bertz CT molecular complexity index is 3520. The lowest BCUT2D eigenvalue weighted by atomic mass is 9.73. The number of furan rings is 3. The Morgan fingerprint density at radius 2 is 0.774 bits per heavy atom. The van der Waals surface area contributed by atoms with Crippen molar-refractivity contribution in [2.75, 3.05) is 4.90 Å². The molecule has 0 N–H and O–H groups in total. The number of hydrogen-bond donors (Lipinski definition) is 0. The molecule has 0 spiro atoms. The second-order valence-electron chi connectivity index (χ2n) is 16.0. The van der Waals surface area contributed by atoms with Crippen LogP contribution in [0.1, 0.15) is 11.1 Å². The number of anilines is 1. The number of nitrogens with zero attached hydrogens (tertiary/aromatic N) is 1. The molecule has 3 heterocycles. The fourth-order valence-electron chi connectivity index (χ4n) is 9.90. The van der Waals surface area contributed by atoms with Gasteiger partial charge in [0.25, 0.3) is 0 Å². The highest BCUT2D eigenvalue weighted by Gasteiger charge is 2.39. The highest BCUT2D eigenvalue weighted by atomic mass is 16.3. The molecule has 12 radical (unpaired) electrons. The van der Waals surface area contributed by atoms with Crippen LogP contribution in [-0.2, 0) is 0 Å². The molecular weight excluding hydrogens is 751 g/mol. The molecule has 0 saturated carbocycles. The average Bonchev–Trinajstić information content (AvgIpc) is 4.08. The lowest BCUT2D eigenvalue weighted by Crippen LogP contribution is -2.47. The Kier molecular flexibility index (Phi) is 8.22. The Morgan fingerprint density at radius 3 is 1.31 bits per heavy atom. The summed E-state index contributed by atoms with van der Waals surface area (Å²) in [6.45, 7) is 0. The standard InChI is InChI=1S/C52H27B6NO3/c53-44-42(33-15-8-20-38-40(33)31-11-2-5-18-36(31)60-38)46(55)50(48(44)57)59(27-24-22-26(23-25-27)28-13-7-14-30-29-10-1-4-17-35(29)62-52(28)30)51-47(56)43(45(54)49(51)58)34-16-9-21-39-41(34)32-12-3-6-19-37(32)61-39/h1-25,50-51H. The van der Waals surface area contributed by atoms with Gasteiger partial charge in [-0.05, 0) is 70.3 Å². The summed E-state index contributed by atoms with van der Waals surface area (Å²) in [6, 6.07) is 48.4. The second-order valence-corrected chi connectivity index (χ2v) is 16.0. The molecule has 12 rings (SSSR count). The molecule has 0 aliphatic heterocycles. The Hall–Kier alpha value is -6.91. The molecule has 4 nitrogen and oxygen atoms in total. The number of allylic oxidation sites excluding steroid dienone is 4. The van der Waals surface area contributed by atoms with E-state index in [1.54, 1.807) is 0 Å². The molecule has 0 saturated heterocycles. The summed E-state index contributed by atoms with van der Waals surface area (Å²) in [5, 5.41) is 5.75. The zero-order valence-corrected chi connectivity index (χ0v) is 33.2. The van der Waals surface area contributed by atoms with Crippen LogP contribution in [-0.4, -0.2) is 59.2 Å². The molecule has 62 heavy (non-hydrogen) atoms. The van der Waals surface area contributed by atoms with Gasteiger partial charge in [0.05, 0.1) is 12.1 Å². The van der Waals surface area contributed by atoms with Crippen LogP contribution in [0.4, 0.5) is 5.69 Å². The molecule has 10 heteroatoms. The largest absolute Gasteiger partial charge is 0.456 e. The van der Waals surface area contributed by atoms with Gasteiger partial charge in [0.1, 0.15) is 80.6 Å². The van der Waals surface area contributed by atoms with Crippen LogP contribution in [0.2, 0.25) is 0 Å². The van der Waals surface area contributed by atoms with Crippen LogP contribution in [0.5, 0.6) is 0 Å². The van der Waals surface area contributed by atoms with Crippen molar-refractivity contribution >= 4 is 130 Å². The van der Waals surface area contributed by atoms with E-state index in [4.69, 9.17) is 60.3 Å².